The van der Waals surface area contributed by atoms with E-state index in [9.17, 15) is 23.2 Å². The summed E-state index contributed by atoms with van der Waals surface area (Å²) in [6.45, 7) is 5.65. The number of hydrogen-bond donors (Lipinski definition) is 2. The summed E-state index contributed by atoms with van der Waals surface area (Å²) in [6, 6.07) is 9.92. The lowest BCUT2D eigenvalue weighted by Gasteiger charge is -2.19. The normalized spacial score (nSPS) is 11.0. The van der Waals surface area contributed by atoms with Gasteiger partial charge in [0.1, 0.15) is 11.6 Å². The molecule has 2 aromatic carbocycles. The smallest absolute Gasteiger partial charge is 0.308 e. The highest BCUT2D eigenvalue weighted by atomic mass is 19.1. The van der Waals surface area contributed by atoms with Crippen LogP contribution in [0, 0.1) is 11.6 Å². The van der Waals surface area contributed by atoms with Crippen LogP contribution in [0.4, 0.5) is 14.5 Å². The van der Waals surface area contributed by atoms with Crippen molar-refractivity contribution in [2.24, 2.45) is 0 Å². The Morgan fingerprint density at radius 3 is 2.27 bits per heavy atom. The third-order valence-corrected chi connectivity index (χ3v) is 4.19. The van der Waals surface area contributed by atoms with E-state index in [0.29, 0.717) is 11.8 Å². The fraction of sp³-hybridized carbons (Fsp3) is 0.318. The zero-order chi connectivity index (χ0) is 22.3. The van der Waals surface area contributed by atoms with Crippen LogP contribution >= 0.6 is 0 Å². The Bertz CT molecular complexity index is 922. The highest BCUT2D eigenvalue weighted by Crippen LogP contribution is 2.23. The molecular weight excluding hydrogens is 394 g/mol. The van der Waals surface area contributed by atoms with Gasteiger partial charge in [-0.1, -0.05) is 32.9 Å². The highest BCUT2D eigenvalue weighted by Gasteiger charge is 2.15. The van der Waals surface area contributed by atoms with Gasteiger partial charge in [-0.25, -0.2) is 8.78 Å². The van der Waals surface area contributed by atoms with Gasteiger partial charge in [0.05, 0.1) is 12.0 Å². The summed E-state index contributed by atoms with van der Waals surface area (Å²) in [5, 5.41) is 4.96. The minimum atomic E-state index is -0.998. The Balaban J connectivity index is 1.71. The van der Waals surface area contributed by atoms with E-state index in [1.54, 1.807) is 12.1 Å². The molecule has 0 aliphatic rings. The zero-order valence-electron chi connectivity index (χ0n) is 17.1. The Kier molecular flexibility index (Phi) is 7.63. The second-order valence-corrected chi connectivity index (χ2v) is 7.67. The predicted molar refractivity (Wildman–Crippen MR) is 108 cm³/mol. The van der Waals surface area contributed by atoms with E-state index in [-0.39, 0.29) is 23.9 Å². The van der Waals surface area contributed by atoms with Gasteiger partial charge in [0.25, 0.3) is 11.8 Å². The Morgan fingerprint density at radius 2 is 1.67 bits per heavy atom. The predicted octanol–water partition coefficient (Wildman–Crippen LogP) is 3.56. The van der Waals surface area contributed by atoms with E-state index in [1.165, 1.54) is 0 Å². The van der Waals surface area contributed by atoms with Crippen molar-refractivity contribution < 1.29 is 27.9 Å². The number of amides is 2. The molecular formula is C22H24F2N2O4. The second kappa shape index (κ2) is 9.96. The van der Waals surface area contributed by atoms with Gasteiger partial charge in [-0.2, -0.15) is 0 Å². The number of halogens is 2. The molecule has 0 unspecified atom stereocenters. The van der Waals surface area contributed by atoms with Crippen LogP contribution in [0.1, 0.15) is 43.1 Å². The monoisotopic (exact) mass is 418 g/mol. The number of anilines is 1. The van der Waals surface area contributed by atoms with Crippen molar-refractivity contribution in [3.63, 3.8) is 0 Å². The number of rotatable bonds is 7. The average molecular weight is 418 g/mol. The molecule has 0 fully saturated rings. The van der Waals surface area contributed by atoms with Gasteiger partial charge in [-0.3, -0.25) is 14.4 Å². The van der Waals surface area contributed by atoms with E-state index < -0.39 is 36.0 Å². The molecule has 0 aliphatic carbocycles. The molecule has 0 saturated heterocycles. The number of hydrogen-bond acceptors (Lipinski definition) is 4. The van der Waals surface area contributed by atoms with Crippen LogP contribution < -0.4 is 10.6 Å². The van der Waals surface area contributed by atoms with Crippen LogP contribution in [0.25, 0.3) is 0 Å². The van der Waals surface area contributed by atoms with Gasteiger partial charge >= 0.3 is 5.97 Å². The van der Waals surface area contributed by atoms with Crippen LogP contribution in [-0.2, 0) is 19.7 Å². The van der Waals surface area contributed by atoms with Gasteiger partial charge in [0.2, 0.25) is 0 Å². The summed E-state index contributed by atoms with van der Waals surface area (Å²) in [4.78, 5) is 35.4. The summed E-state index contributed by atoms with van der Waals surface area (Å²) in [7, 11) is 0. The first-order valence-electron chi connectivity index (χ1n) is 9.35. The number of carbonyl (C=O) groups excluding carboxylic acids is 3. The van der Waals surface area contributed by atoms with Crippen molar-refractivity contribution in [1.29, 1.82) is 0 Å². The summed E-state index contributed by atoms with van der Waals surface area (Å²) in [6.07, 6.45) is -0.206. The molecule has 0 aliphatic heterocycles. The second-order valence-electron chi connectivity index (χ2n) is 7.67. The van der Waals surface area contributed by atoms with E-state index in [0.717, 1.165) is 17.7 Å². The third-order valence-electron chi connectivity index (χ3n) is 4.19. The summed E-state index contributed by atoms with van der Waals surface area (Å²) >= 11 is 0. The fourth-order valence-corrected chi connectivity index (χ4v) is 2.52. The Morgan fingerprint density at radius 1 is 1.00 bits per heavy atom. The maximum atomic E-state index is 13.5. The van der Waals surface area contributed by atoms with Crippen molar-refractivity contribution in [3.05, 3.63) is 65.2 Å². The molecule has 0 bridgehead atoms. The van der Waals surface area contributed by atoms with Crippen molar-refractivity contribution in [3.8, 4) is 0 Å². The van der Waals surface area contributed by atoms with Crippen LogP contribution in [0.15, 0.2) is 42.5 Å². The molecule has 2 rings (SSSR count). The van der Waals surface area contributed by atoms with Gasteiger partial charge in [0.15, 0.2) is 6.61 Å². The van der Waals surface area contributed by atoms with Crippen molar-refractivity contribution in [2.45, 2.75) is 32.6 Å². The number of benzene rings is 2. The lowest BCUT2D eigenvalue weighted by atomic mass is 9.87. The maximum Gasteiger partial charge on any atom is 0.308 e. The number of esters is 1. The van der Waals surface area contributed by atoms with E-state index in [4.69, 9.17) is 4.74 Å². The largest absolute Gasteiger partial charge is 0.456 e. The Hall–Kier alpha value is -3.29. The first kappa shape index (κ1) is 23.0. The molecule has 30 heavy (non-hydrogen) atoms. The molecule has 0 spiro atoms. The average Bonchev–Trinajstić information content (AvgIpc) is 2.66. The minimum absolute atomic E-state index is 0.00401. The summed E-state index contributed by atoms with van der Waals surface area (Å²) in [5.74, 6) is -3.77. The molecule has 0 atom stereocenters. The van der Waals surface area contributed by atoms with E-state index >= 15 is 0 Å². The SMILES string of the molecule is CC(C)(C)c1ccc(NC(=O)COC(=O)CCNC(=O)c2ccc(F)cc2F)cc1. The molecule has 0 radical (unpaired) electrons. The van der Waals surface area contributed by atoms with Gasteiger partial charge in [-0.05, 0) is 35.2 Å². The van der Waals surface area contributed by atoms with Crippen LogP contribution in [0.3, 0.4) is 0 Å². The molecule has 2 N–H and O–H groups in total. The number of carbonyl (C=O) groups is 3. The molecule has 0 heterocycles. The van der Waals surface area contributed by atoms with Gasteiger partial charge in [-0.15, -0.1) is 0 Å². The maximum absolute atomic E-state index is 13.5. The molecule has 2 aromatic rings. The standard InChI is InChI=1S/C22H24F2N2O4/c1-22(2,3)14-4-7-16(8-5-14)26-19(27)13-30-20(28)10-11-25-21(29)17-9-6-15(23)12-18(17)24/h4-9,12H,10-11,13H2,1-3H3,(H,25,29)(H,26,27). The summed E-state index contributed by atoms with van der Waals surface area (Å²) in [5.41, 5.74) is 1.37. The fourth-order valence-electron chi connectivity index (χ4n) is 2.52. The lowest BCUT2D eigenvalue weighted by molar-refractivity contribution is -0.147. The number of ether oxygens (including phenoxy) is 1. The van der Waals surface area contributed by atoms with Gasteiger partial charge in [0, 0.05) is 18.3 Å². The molecule has 2 amide bonds. The molecule has 6 nitrogen and oxygen atoms in total. The molecule has 160 valence electrons. The van der Waals surface area contributed by atoms with Crippen molar-refractivity contribution >= 4 is 23.5 Å². The quantitative estimate of drug-likeness (QED) is 0.674. The highest BCUT2D eigenvalue weighted by molar-refractivity contribution is 5.95. The first-order valence-corrected chi connectivity index (χ1v) is 9.35. The topological polar surface area (TPSA) is 84.5 Å². The molecule has 0 saturated carbocycles. The van der Waals surface area contributed by atoms with Crippen molar-refractivity contribution in [1.82, 2.24) is 5.32 Å². The van der Waals surface area contributed by atoms with Crippen LogP contribution in [-0.4, -0.2) is 30.9 Å². The minimum Gasteiger partial charge on any atom is -0.456 e. The third kappa shape index (κ3) is 6.95. The zero-order valence-corrected chi connectivity index (χ0v) is 17.1. The van der Waals surface area contributed by atoms with Crippen LogP contribution in [0.2, 0.25) is 0 Å². The van der Waals surface area contributed by atoms with E-state index in [2.05, 4.69) is 31.4 Å². The summed E-state index contributed by atoms with van der Waals surface area (Å²) < 4.78 is 31.2. The number of nitrogens with one attached hydrogen (secondary N) is 2. The van der Waals surface area contributed by atoms with Crippen LogP contribution in [0.5, 0.6) is 0 Å². The Labute approximate surface area is 173 Å². The molecule has 8 heteroatoms. The molecule has 0 aromatic heterocycles. The lowest BCUT2D eigenvalue weighted by Crippen LogP contribution is -2.28. The van der Waals surface area contributed by atoms with Crippen molar-refractivity contribution in [2.75, 3.05) is 18.5 Å². The van der Waals surface area contributed by atoms with E-state index in [1.807, 2.05) is 12.1 Å². The van der Waals surface area contributed by atoms with Gasteiger partial charge < -0.3 is 15.4 Å². The first-order chi connectivity index (χ1) is 14.1.